The molecule has 0 spiro atoms. The summed E-state index contributed by atoms with van der Waals surface area (Å²) in [6.07, 6.45) is 0. The molecule has 0 aliphatic heterocycles. The quantitative estimate of drug-likeness (QED) is 0.569. The van der Waals surface area contributed by atoms with Crippen LogP contribution < -0.4 is 5.32 Å². The van der Waals surface area contributed by atoms with Gasteiger partial charge in [-0.05, 0) is 31.2 Å². The van der Waals surface area contributed by atoms with Gasteiger partial charge >= 0.3 is 5.00 Å². The lowest BCUT2D eigenvalue weighted by Gasteiger charge is -2.04. The Morgan fingerprint density at radius 2 is 2.25 bits per heavy atom. The van der Waals surface area contributed by atoms with E-state index >= 15 is 0 Å². The molecule has 0 atom stereocenters. The number of nitro groups is 1. The number of anilines is 1. The van der Waals surface area contributed by atoms with Crippen LogP contribution in [0.15, 0.2) is 30.3 Å². The van der Waals surface area contributed by atoms with Crippen molar-refractivity contribution in [1.29, 1.82) is 0 Å². The summed E-state index contributed by atoms with van der Waals surface area (Å²) in [4.78, 5) is 18.7. The number of imidazole rings is 1. The Kier molecular flexibility index (Phi) is 3.11. The Labute approximate surface area is 118 Å². The molecule has 3 aromatic rings. The number of nitrogens with zero attached hydrogens (tertiary/aromatic N) is 2. The van der Waals surface area contributed by atoms with Crippen molar-refractivity contribution in [2.75, 3.05) is 5.32 Å². The fraction of sp³-hybridized carbons (Fsp3) is 0.154. The van der Waals surface area contributed by atoms with Crippen molar-refractivity contribution < 1.29 is 4.92 Å². The van der Waals surface area contributed by atoms with E-state index in [0.29, 0.717) is 6.54 Å². The summed E-state index contributed by atoms with van der Waals surface area (Å²) in [6, 6.07) is 9.18. The molecule has 0 saturated heterocycles. The number of benzene rings is 1. The van der Waals surface area contributed by atoms with Gasteiger partial charge in [-0.3, -0.25) is 10.1 Å². The number of aromatic amines is 1. The van der Waals surface area contributed by atoms with Crippen LogP contribution in [0.1, 0.15) is 10.7 Å². The molecule has 3 rings (SSSR count). The molecular weight excluding hydrogens is 276 g/mol. The first-order chi connectivity index (χ1) is 9.61. The Bertz CT molecular complexity index is 778. The molecule has 2 N–H and O–H groups in total. The first-order valence-corrected chi connectivity index (χ1v) is 6.87. The summed E-state index contributed by atoms with van der Waals surface area (Å²) in [5, 5.41) is 14.0. The molecule has 0 fully saturated rings. The third-order valence-electron chi connectivity index (χ3n) is 2.89. The predicted octanol–water partition coefficient (Wildman–Crippen LogP) is 3.45. The van der Waals surface area contributed by atoms with Gasteiger partial charge in [0.1, 0.15) is 5.82 Å². The van der Waals surface area contributed by atoms with E-state index in [4.69, 9.17) is 0 Å². The monoisotopic (exact) mass is 288 g/mol. The van der Waals surface area contributed by atoms with Crippen LogP contribution in [0.4, 0.5) is 10.7 Å². The van der Waals surface area contributed by atoms with Crippen LogP contribution in [-0.4, -0.2) is 14.9 Å². The Morgan fingerprint density at radius 1 is 1.40 bits per heavy atom. The summed E-state index contributed by atoms with van der Waals surface area (Å²) in [5.41, 5.74) is 2.86. The number of thiophene rings is 1. The molecule has 0 bridgehead atoms. The highest BCUT2D eigenvalue weighted by Gasteiger charge is 2.09. The smallest absolute Gasteiger partial charge is 0.324 e. The van der Waals surface area contributed by atoms with Gasteiger partial charge in [-0.25, -0.2) is 4.98 Å². The zero-order chi connectivity index (χ0) is 14.1. The number of aromatic nitrogens is 2. The molecule has 2 heterocycles. The predicted molar refractivity (Wildman–Crippen MR) is 79.1 cm³/mol. The highest BCUT2D eigenvalue weighted by atomic mass is 32.1. The van der Waals surface area contributed by atoms with Crippen LogP contribution >= 0.6 is 11.3 Å². The van der Waals surface area contributed by atoms with Crippen LogP contribution in [0.2, 0.25) is 0 Å². The third kappa shape index (κ3) is 2.48. The van der Waals surface area contributed by atoms with Crippen molar-refractivity contribution in [2.24, 2.45) is 0 Å². The van der Waals surface area contributed by atoms with Crippen LogP contribution in [0.3, 0.4) is 0 Å². The van der Waals surface area contributed by atoms with Crippen molar-refractivity contribution in [2.45, 2.75) is 13.5 Å². The van der Waals surface area contributed by atoms with Crippen LogP contribution in [0.5, 0.6) is 0 Å². The Balaban J connectivity index is 1.73. The lowest BCUT2D eigenvalue weighted by Crippen LogP contribution is -1.96. The van der Waals surface area contributed by atoms with E-state index in [9.17, 15) is 10.1 Å². The summed E-state index contributed by atoms with van der Waals surface area (Å²) >= 11 is 1.19. The van der Waals surface area contributed by atoms with Gasteiger partial charge in [0.2, 0.25) is 0 Å². The number of fused-ring (bicyclic) bond motifs is 1. The van der Waals surface area contributed by atoms with E-state index in [1.54, 1.807) is 6.07 Å². The minimum atomic E-state index is -0.367. The van der Waals surface area contributed by atoms with Crippen LogP contribution in [0.25, 0.3) is 11.0 Å². The fourth-order valence-corrected chi connectivity index (χ4v) is 2.76. The first kappa shape index (κ1) is 12.6. The van der Waals surface area contributed by atoms with Gasteiger partial charge in [0.15, 0.2) is 0 Å². The average Bonchev–Trinajstić information content (AvgIpc) is 3.00. The Morgan fingerprint density at radius 3 is 3.00 bits per heavy atom. The molecule has 0 amide bonds. The molecule has 0 aliphatic carbocycles. The minimum absolute atomic E-state index is 0.168. The number of hydrogen-bond acceptors (Lipinski definition) is 5. The molecule has 0 unspecified atom stereocenters. The topological polar surface area (TPSA) is 83.8 Å². The van der Waals surface area contributed by atoms with Crippen molar-refractivity contribution >= 4 is 33.1 Å². The maximum absolute atomic E-state index is 10.6. The van der Waals surface area contributed by atoms with Gasteiger partial charge in [0, 0.05) is 23.2 Å². The van der Waals surface area contributed by atoms with Crippen molar-refractivity contribution in [3.63, 3.8) is 0 Å². The molecule has 2 aromatic heterocycles. The largest absolute Gasteiger partial charge is 0.380 e. The molecule has 0 saturated carbocycles. The van der Waals surface area contributed by atoms with Gasteiger partial charge in [-0.15, -0.1) is 0 Å². The number of hydrogen-bond donors (Lipinski definition) is 2. The number of nitrogens with one attached hydrogen (secondary N) is 2. The zero-order valence-electron chi connectivity index (χ0n) is 10.7. The highest BCUT2D eigenvalue weighted by molar-refractivity contribution is 7.15. The third-order valence-corrected chi connectivity index (χ3v) is 3.93. The molecule has 7 heteroatoms. The van der Waals surface area contributed by atoms with E-state index in [2.05, 4.69) is 15.3 Å². The van der Waals surface area contributed by atoms with Gasteiger partial charge in [0.25, 0.3) is 0 Å². The summed E-state index contributed by atoms with van der Waals surface area (Å²) < 4.78 is 0. The fourth-order valence-electron chi connectivity index (χ4n) is 2.00. The maximum Gasteiger partial charge on any atom is 0.324 e. The lowest BCUT2D eigenvalue weighted by molar-refractivity contribution is -0.380. The summed E-state index contributed by atoms with van der Waals surface area (Å²) in [6.45, 7) is 2.48. The van der Waals surface area contributed by atoms with Gasteiger partial charge < -0.3 is 10.3 Å². The second-order valence-electron chi connectivity index (χ2n) is 4.40. The van der Waals surface area contributed by atoms with Crippen LogP contribution in [-0.2, 0) is 6.54 Å². The molecule has 0 aliphatic rings. The highest BCUT2D eigenvalue weighted by Crippen LogP contribution is 2.25. The van der Waals surface area contributed by atoms with Gasteiger partial charge in [0.05, 0.1) is 16.0 Å². The second-order valence-corrected chi connectivity index (χ2v) is 5.55. The lowest BCUT2D eigenvalue weighted by atomic mass is 10.2. The van der Waals surface area contributed by atoms with Crippen molar-refractivity contribution in [3.05, 3.63) is 51.1 Å². The van der Waals surface area contributed by atoms with E-state index in [1.165, 1.54) is 17.4 Å². The number of rotatable bonds is 4. The summed E-state index contributed by atoms with van der Waals surface area (Å²) in [7, 11) is 0. The number of H-pyrrole nitrogens is 1. The zero-order valence-corrected chi connectivity index (χ0v) is 11.5. The van der Waals surface area contributed by atoms with E-state index in [1.807, 2.05) is 25.1 Å². The maximum atomic E-state index is 10.6. The van der Waals surface area contributed by atoms with E-state index in [-0.39, 0.29) is 9.92 Å². The molecule has 6 nitrogen and oxygen atoms in total. The minimum Gasteiger partial charge on any atom is -0.380 e. The SMILES string of the molecule is Cc1nc2ccc(NCc3ccc([N+](=O)[O-])s3)cc2[nH]1. The van der Waals surface area contributed by atoms with Gasteiger partial charge in [-0.2, -0.15) is 0 Å². The van der Waals surface area contributed by atoms with Crippen molar-refractivity contribution in [3.8, 4) is 0 Å². The average molecular weight is 288 g/mol. The first-order valence-electron chi connectivity index (χ1n) is 6.05. The molecule has 20 heavy (non-hydrogen) atoms. The second kappa shape index (κ2) is 4.93. The van der Waals surface area contributed by atoms with E-state index < -0.39 is 0 Å². The normalized spacial score (nSPS) is 10.8. The Hall–Kier alpha value is -2.41. The summed E-state index contributed by atoms with van der Waals surface area (Å²) in [5.74, 6) is 0.881. The molecule has 1 aromatic carbocycles. The van der Waals surface area contributed by atoms with E-state index in [0.717, 1.165) is 27.4 Å². The molecule has 102 valence electrons. The van der Waals surface area contributed by atoms with Gasteiger partial charge in [-0.1, -0.05) is 11.3 Å². The standard InChI is InChI=1S/C13H12N4O2S/c1-8-15-11-4-2-9(6-12(11)16-8)14-7-10-3-5-13(20-10)17(18)19/h2-6,14H,7H2,1H3,(H,15,16). The van der Waals surface area contributed by atoms with Crippen molar-refractivity contribution in [1.82, 2.24) is 9.97 Å². The van der Waals surface area contributed by atoms with Crippen LogP contribution in [0, 0.1) is 17.0 Å². The molecular formula is C13H12N4O2S. The number of aryl methyl sites for hydroxylation is 1. The molecule has 0 radical (unpaired) electrons.